The maximum absolute atomic E-state index is 14.0. The van der Waals surface area contributed by atoms with Crippen molar-refractivity contribution in [3.8, 4) is 11.4 Å². The fourth-order valence-corrected chi connectivity index (χ4v) is 5.91. The number of likely N-dealkylation sites (tertiary alicyclic amines) is 1. The molecule has 3 saturated heterocycles. The van der Waals surface area contributed by atoms with Crippen LogP contribution < -0.4 is 9.80 Å². The topological polar surface area (TPSA) is 132 Å². The molecule has 5 heterocycles. The summed E-state index contributed by atoms with van der Waals surface area (Å²) in [6.45, 7) is 8.66. The molecule has 0 unspecified atom stereocenters. The van der Waals surface area contributed by atoms with Crippen LogP contribution in [-0.2, 0) is 20.5 Å². The van der Waals surface area contributed by atoms with Crippen LogP contribution in [0.3, 0.4) is 0 Å². The Morgan fingerprint density at radius 2 is 1.57 bits per heavy atom. The number of piperidine rings is 1. The van der Waals surface area contributed by atoms with E-state index in [1.807, 2.05) is 14.7 Å². The summed E-state index contributed by atoms with van der Waals surface area (Å²) >= 11 is 0. The molecule has 258 valence electrons. The Hall–Kier alpha value is -3.86. The standard InChI is InChI=1S/C30H39F3N9O3.Cm.Pu/c1-2-3-22(43)4-5-26(44)40-8-6-21(7-9-40)20-39-10-12-41(13-11-39)28-36-27(37-29(38-28)42-14-16-45-17-15-42)23-19-35-25(34)18-24(23)30(31,32)33;;/h2-3,18-19,21H,4-17,20H2,1H3,(H-,34,35,36,37,38);;/q-1;;/b3-2+;;. The van der Waals surface area contributed by atoms with Crippen molar-refractivity contribution in [2.24, 2.45) is 5.92 Å². The number of morpholine rings is 1. The van der Waals surface area contributed by atoms with E-state index in [4.69, 9.17) is 10.5 Å². The Kier molecular flexibility index (Phi) is 13.4. The molecule has 0 atom stereocenters. The molecule has 3 aliphatic rings. The van der Waals surface area contributed by atoms with Gasteiger partial charge in [-0.3, -0.25) is 14.5 Å². The third-order valence-corrected chi connectivity index (χ3v) is 8.43. The summed E-state index contributed by atoms with van der Waals surface area (Å²) in [6, 6.07) is 0.693. The minimum absolute atomic E-state index is 0. The number of ether oxygens (including phenoxy) is 1. The second kappa shape index (κ2) is 16.8. The molecular formula is C30H39CmF3N9O3Pu-. The van der Waals surface area contributed by atoms with Crippen molar-refractivity contribution < 1.29 is 56.7 Å². The fourth-order valence-electron chi connectivity index (χ4n) is 5.91. The van der Waals surface area contributed by atoms with Gasteiger partial charge in [-0.25, -0.2) is 0 Å². The smallest absolute Gasteiger partial charge is 0.417 e. The number of hydrogen-bond donors (Lipinski definition) is 0. The molecule has 0 bridgehead atoms. The van der Waals surface area contributed by atoms with E-state index >= 15 is 0 Å². The van der Waals surface area contributed by atoms with Gasteiger partial charge in [-0.15, -0.1) is 0 Å². The molecule has 1 N–H and O–H groups in total. The monoisotopic (exact) mass is 1110 g/mol. The average Bonchev–Trinajstić information content (AvgIpc) is 3.04. The molecule has 12 nitrogen and oxygen atoms in total. The third kappa shape index (κ3) is 9.82. The number of rotatable bonds is 9. The molecular weight excluding hydrogens is 1080 g/mol. The van der Waals surface area contributed by atoms with Crippen LogP contribution in [0.1, 0.15) is 38.2 Å². The summed E-state index contributed by atoms with van der Waals surface area (Å²) in [4.78, 5) is 49.7. The Balaban J connectivity index is 0.00000300. The van der Waals surface area contributed by atoms with Gasteiger partial charge in [0.15, 0.2) is 11.6 Å². The number of piperazine rings is 1. The van der Waals surface area contributed by atoms with Gasteiger partial charge in [0, 0.05) is 106 Å². The summed E-state index contributed by atoms with van der Waals surface area (Å²) < 4.78 is 47.3. The molecule has 3 aliphatic heterocycles. The van der Waals surface area contributed by atoms with Gasteiger partial charge in [0.25, 0.3) is 0 Å². The van der Waals surface area contributed by atoms with E-state index in [9.17, 15) is 22.8 Å². The number of aromatic nitrogens is 4. The number of nitrogens with one attached hydrogen (secondary N) is 1. The van der Waals surface area contributed by atoms with E-state index in [1.165, 1.54) is 6.08 Å². The number of pyridine rings is 1. The summed E-state index contributed by atoms with van der Waals surface area (Å²) in [5, 5.41) is 0. The first-order valence-corrected chi connectivity index (χ1v) is 15.4. The van der Waals surface area contributed by atoms with E-state index in [0.717, 1.165) is 38.7 Å². The minimum atomic E-state index is -4.71. The van der Waals surface area contributed by atoms with Crippen LogP contribution in [0.5, 0.6) is 0 Å². The molecule has 47 heavy (non-hydrogen) atoms. The third-order valence-electron chi connectivity index (χ3n) is 8.43. The zero-order chi connectivity index (χ0) is 32.0. The fraction of sp³-hybridized carbons (Fsp3) is 0.600. The zero-order valence-corrected chi connectivity index (χ0v) is 32.5. The number of carbonyl (C=O) groups excluding carboxylic acids is 2. The summed E-state index contributed by atoms with van der Waals surface area (Å²) in [7, 11) is 0. The number of halogens is 3. The second-order valence-corrected chi connectivity index (χ2v) is 11.5. The molecule has 5 rings (SSSR count). The molecule has 2 aromatic heterocycles. The van der Waals surface area contributed by atoms with Crippen molar-refractivity contribution in [3.05, 3.63) is 35.7 Å². The molecule has 17 heteroatoms. The van der Waals surface area contributed by atoms with Crippen molar-refractivity contribution in [3.63, 3.8) is 0 Å². The SMILES string of the molecule is C/C=C/C(=O)CCC(=O)N1CCC(CN2CCN(c3nc(-c4cnc([NH-])cc4C(F)(F)F)nc(N4CCOCC4)n3)CC2)CC1.[Cm].[Pu]. The van der Waals surface area contributed by atoms with E-state index in [-0.39, 0.29) is 71.0 Å². The van der Waals surface area contributed by atoms with Crippen LogP contribution in [0.15, 0.2) is 24.4 Å². The van der Waals surface area contributed by atoms with Gasteiger partial charge >= 0.3 is 6.18 Å². The molecule has 0 aliphatic carbocycles. The maximum Gasteiger partial charge on any atom is 0.417 e. The van der Waals surface area contributed by atoms with E-state index in [2.05, 4.69) is 24.8 Å². The van der Waals surface area contributed by atoms with Crippen molar-refractivity contribution in [1.29, 1.82) is 0 Å². The Bertz CT molecular complexity index is 1380. The van der Waals surface area contributed by atoms with E-state index in [0.29, 0.717) is 70.4 Å². The zero-order valence-electron chi connectivity index (χ0n) is 26.2. The second-order valence-electron chi connectivity index (χ2n) is 11.5. The van der Waals surface area contributed by atoms with Crippen LogP contribution in [0, 0.1) is 35.1 Å². The van der Waals surface area contributed by atoms with E-state index in [1.54, 1.807) is 13.0 Å². The number of carbonyl (C=O) groups is 2. The number of ketones is 1. The summed E-state index contributed by atoms with van der Waals surface area (Å²) in [6.07, 6.45) is 1.77. The van der Waals surface area contributed by atoms with Crippen molar-refractivity contribution in [2.45, 2.75) is 38.8 Å². The predicted octanol–water partition coefficient (Wildman–Crippen LogP) is 3.76. The minimum Gasteiger partial charge on any atom is -0.482 e. The van der Waals surface area contributed by atoms with E-state index < -0.39 is 17.6 Å². The van der Waals surface area contributed by atoms with Gasteiger partial charge in [0.1, 0.15) is 0 Å². The van der Waals surface area contributed by atoms with Crippen molar-refractivity contribution in [2.75, 3.05) is 81.9 Å². The van der Waals surface area contributed by atoms with Crippen LogP contribution in [0.2, 0.25) is 0 Å². The Morgan fingerprint density at radius 1 is 0.957 bits per heavy atom. The molecule has 2 aromatic rings. The largest absolute Gasteiger partial charge is 0.482 e. The Morgan fingerprint density at radius 3 is 2.17 bits per heavy atom. The first kappa shape index (κ1) is 37.6. The van der Waals surface area contributed by atoms with Gasteiger partial charge in [-0.1, -0.05) is 24.2 Å². The van der Waals surface area contributed by atoms with Crippen LogP contribution >= 0.6 is 0 Å². The normalized spacial score (nSPS) is 18.2. The number of alkyl halides is 3. The van der Waals surface area contributed by atoms with Crippen LogP contribution in [0.4, 0.5) is 30.9 Å². The van der Waals surface area contributed by atoms with Gasteiger partial charge in [-0.05, 0) is 31.8 Å². The molecule has 1 amide bonds. The van der Waals surface area contributed by atoms with Crippen LogP contribution in [0.25, 0.3) is 17.1 Å². The molecule has 3 fully saturated rings. The Labute approximate surface area is 288 Å². The van der Waals surface area contributed by atoms with Crippen molar-refractivity contribution >= 4 is 29.4 Å². The van der Waals surface area contributed by atoms with Gasteiger partial charge in [0.05, 0.1) is 18.8 Å². The molecule has 0 spiro atoms. The molecule has 0 saturated carbocycles. The first-order valence-electron chi connectivity index (χ1n) is 15.4. The molecule has 0 aromatic carbocycles. The number of anilines is 2. The summed E-state index contributed by atoms with van der Waals surface area (Å²) in [5.41, 5.74) is 6.34. The average molecular weight is 1120 g/mol. The predicted molar refractivity (Wildman–Crippen MR) is 162 cm³/mol. The number of hydrogen-bond acceptors (Lipinski definition) is 10. The summed E-state index contributed by atoms with van der Waals surface area (Å²) in [5.74, 6) is 0.434. The van der Waals surface area contributed by atoms with Crippen molar-refractivity contribution in [1.82, 2.24) is 29.7 Å². The van der Waals surface area contributed by atoms with Crippen LogP contribution in [-0.4, -0.2) is 114 Å². The number of allylic oxidation sites excluding steroid dienone is 2. The van der Waals surface area contributed by atoms with Gasteiger partial charge < -0.3 is 30.2 Å². The van der Waals surface area contributed by atoms with Gasteiger partial charge in [-0.2, -0.15) is 28.1 Å². The van der Waals surface area contributed by atoms with Gasteiger partial charge in [0.2, 0.25) is 17.8 Å². The first-order chi connectivity index (χ1) is 21.6. The quantitative estimate of drug-likeness (QED) is 0.343. The molecule has 0 radical (unpaired) electrons. The number of nitrogens with zero attached hydrogens (tertiary/aromatic N) is 8. The maximum atomic E-state index is 14.0. The number of amides is 1.